The highest BCUT2D eigenvalue weighted by molar-refractivity contribution is 7.80. The maximum absolute atomic E-state index is 5.42. The van der Waals surface area contributed by atoms with Crippen LogP contribution < -0.4 is 0 Å². The van der Waals surface area contributed by atoms with Crippen LogP contribution in [0.1, 0.15) is 5.69 Å². The van der Waals surface area contributed by atoms with Gasteiger partial charge in [-0.2, -0.15) is 0 Å². The highest BCUT2D eigenvalue weighted by Crippen LogP contribution is 2.34. The standard InChI is InChI=1S/C16H18N2OS/c1-18(2)16(10-19-11-16)15-9-13(7-8-17-15)12-3-5-14(20)6-4-12/h3-9,20H,10-11H2,1-2H3. The molecule has 3 nitrogen and oxygen atoms in total. The van der Waals surface area contributed by atoms with E-state index < -0.39 is 0 Å². The minimum Gasteiger partial charge on any atom is -0.377 e. The van der Waals surface area contributed by atoms with E-state index in [1.807, 2.05) is 24.4 Å². The van der Waals surface area contributed by atoms with Crippen molar-refractivity contribution in [2.24, 2.45) is 0 Å². The van der Waals surface area contributed by atoms with Gasteiger partial charge in [-0.3, -0.25) is 9.88 Å². The zero-order valence-electron chi connectivity index (χ0n) is 11.7. The first-order valence-corrected chi connectivity index (χ1v) is 7.08. The fourth-order valence-electron chi connectivity index (χ4n) is 2.45. The lowest BCUT2D eigenvalue weighted by molar-refractivity contribution is -0.132. The third-order valence-corrected chi connectivity index (χ3v) is 4.27. The molecule has 2 heterocycles. The monoisotopic (exact) mass is 286 g/mol. The Bertz CT molecular complexity index is 606. The van der Waals surface area contributed by atoms with Crippen LogP contribution in [-0.2, 0) is 10.3 Å². The van der Waals surface area contributed by atoms with Gasteiger partial charge in [0, 0.05) is 11.1 Å². The Hall–Kier alpha value is -1.36. The maximum atomic E-state index is 5.42. The zero-order valence-corrected chi connectivity index (χ0v) is 12.6. The lowest BCUT2D eigenvalue weighted by atomic mass is 9.89. The van der Waals surface area contributed by atoms with Gasteiger partial charge in [0.05, 0.1) is 18.9 Å². The van der Waals surface area contributed by atoms with Gasteiger partial charge in [0.2, 0.25) is 0 Å². The summed E-state index contributed by atoms with van der Waals surface area (Å²) in [7, 11) is 4.15. The number of likely N-dealkylation sites (N-methyl/N-ethyl adjacent to an activating group) is 1. The van der Waals surface area contributed by atoms with Crippen LogP contribution in [0, 0.1) is 0 Å². The van der Waals surface area contributed by atoms with Crippen LogP contribution in [0.15, 0.2) is 47.5 Å². The SMILES string of the molecule is CN(C)C1(c2cc(-c3ccc(S)cc3)ccn2)COC1. The smallest absolute Gasteiger partial charge is 0.110 e. The number of nitrogens with zero attached hydrogens (tertiary/aromatic N) is 2. The molecule has 1 aromatic carbocycles. The van der Waals surface area contributed by atoms with Gasteiger partial charge in [-0.05, 0) is 49.5 Å². The Balaban J connectivity index is 1.99. The first-order chi connectivity index (χ1) is 9.62. The van der Waals surface area contributed by atoms with E-state index in [0.717, 1.165) is 10.6 Å². The Morgan fingerprint density at radius 3 is 2.35 bits per heavy atom. The molecular weight excluding hydrogens is 268 g/mol. The van der Waals surface area contributed by atoms with Crippen molar-refractivity contribution >= 4 is 12.6 Å². The molecule has 0 spiro atoms. The summed E-state index contributed by atoms with van der Waals surface area (Å²) in [5, 5.41) is 0. The van der Waals surface area contributed by atoms with E-state index in [1.165, 1.54) is 11.1 Å². The van der Waals surface area contributed by atoms with E-state index >= 15 is 0 Å². The second-order valence-electron chi connectivity index (χ2n) is 5.40. The number of ether oxygens (including phenoxy) is 1. The molecule has 0 unspecified atom stereocenters. The predicted octanol–water partition coefficient (Wildman–Crippen LogP) is 2.82. The molecule has 104 valence electrons. The fraction of sp³-hybridized carbons (Fsp3) is 0.312. The molecule has 20 heavy (non-hydrogen) atoms. The number of benzene rings is 1. The van der Waals surface area contributed by atoms with Crippen LogP contribution in [-0.4, -0.2) is 37.2 Å². The molecule has 2 aromatic rings. The summed E-state index contributed by atoms with van der Waals surface area (Å²) in [4.78, 5) is 7.73. The fourth-order valence-corrected chi connectivity index (χ4v) is 2.60. The minimum absolute atomic E-state index is 0.0838. The summed E-state index contributed by atoms with van der Waals surface area (Å²) < 4.78 is 5.42. The lowest BCUT2D eigenvalue weighted by Gasteiger charge is -2.46. The average Bonchev–Trinajstić information content (AvgIpc) is 2.38. The van der Waals surface area contributed by atoms with Crippen LogP contribution in [0.3, 0.4) is 0 Å². The van der Waals surface area contributed by atoms with Crippen LogP contribution in [0.2, 0.25) is 0 Å². The zero-order chi connectivity index (χ0) is 14.2. The normalized spacial score (nSPS) is 17.0. The molecule has 0 radical (unpaired) electrons. The number of hydrogen-bond donors (Lipinski definition) is 1. The first kappa shape index (κ1) is 13.6. The van der Waals surface area contributed by atoms with Crippen LogP contribution in [0.25, 0.3) is 11.1 Å². The summed E-state index contributed by atoms with van der Waals surface area (Å²) in [6, 6.07) is 12.4. The number of rotatable bonds is 3. The number of pyridine rings is 1. The van der Waals surface area contributed by atoms with Gasteiger partial charge in [-0.1, -0.05) is 12.1 Å². The van der Waals surface area contributed by atoms with Crippen LogP contribution in [0.5, 0.6) is 0 Å². The van der Waals surface area contributed by atoms with Gasteiger partial charge in [0.1, 0.15) is 5.54 Å². The number of aromatic nitrogens is 1. The topological polar surface area (TPSA) is 25.4 Å². The third kappa shape index (κ3) is 2.24. The van der Waals surface area contributed by atoms with Crippen LogP contribution >= 0.6 is 12.6 Å². The van der Waals surface area contributed by atoms with E-state index in [4.69, 9.17) is 4.74 Å². The molecule has 0 atom stereocenters. The second kappa shape index (κ2) is 5.20. The highest BCUT2D eigenvalue weighted by atomic mass is 32.1. The predicted molar refractivity (Wildman–Crippen MR) is 83.1 cm³/mol. The number of hydrogen-bond acceptors (Lipinski definition) is 4. The van der Waals surface area contributed by atoms with Crippen molar-refractivity contribution in [2.75, 3.05) is 27.3 Å². The van der Waals surface area contributed by atoms with Gasteiger partial charge in [-0.15, -0.1) is 12.6 Å². The van der Waals surface area contributed by atoms with Gasteiger partial charge in [0.15, 0.2) is 0 Å². The Morgan fingerprint density at radius 2 is 1.80 bits per heavy atom. The van der Waals surface area contributed by atoms with Crippen molar-refractivity contribution in [3.05, 3.63) is 48.3 Å². The summed E-state index contributed by atoms with van der Waals surface area (Å²) in [6.45, 7) is 1.40. The van der Waals surface area contributed by atoms with E-state index in [-0.39, 0.29) is 5.54 Å². The molecule has 3 rings (SSSR count). The third-order valence-electron chi connectivity index (χ3n) is 3.98. The van der Waals surface area contributed by atoms with Crippen molar-refractivity contribution in [2.45, 2.75) is 10.4 Å². The molecule has 0 bridgehead atoms. The number of thiol groups is 1. The minimum atomic E-state index is -0.0838. The summed E-state index contributed by atoms with van der Waals surface area (Å²) in [5.41, 5.74) is 3.35. The molecule has 1 aromatic heterocycles. The molecule has 1 aliphatic heterocycles. The summed E-state index contributed by atoms with van der Waals surface area (Å²) in [6.07, 6.45) is 1.88. The molecule has 1 aliphatic rings. The van der Waals surface area contributed by atoms with Crippen molar-refractivity contribution < 1.29 is 4.74 Å². The molecule has 1 saturated heterocycles. The van der Waals surface area contributed by atoms with Crippen LogP contribution in [0.4, 0.5) is 0 Å². The van der Waals surface area contributed by atoms with Crippen molar-refractivity contribution in [1.29, 1.82) is 0 Å². The molecular formula is C16H18N2OS. The van der Waals surface area contributed by atoms with Gasteiger partial charge >= 0.3 is 0 Å². The van der Waals surface area contributed by atoms with Gasteiger partial charge in [0.25, 0.3) is 0 Å². The summed E-state index contributed by atoms with van der Waals surface area (Å²) in [5.74, 6) is 0. The van der Waals surface area contributed by atoms with E-state index in [2.05, 4.69) is 54.8 Å². The van der Waals surface area contributed by atoms with Crippen molar-refractivity contribution in [1.82, 2.24) is 9.88 Å². The second-order valence-corrected chi connectivity index (χ2v) is 5.91. The maximum Gasteiger partial charge on any atom is 0.110 e. The Kier molecular flexibility index (Phi) is 3.54. The highest BCUT2D eigenvalue weighted by Gasteiger charge is 2.43. The van der Waals surface area contributed by atoms with Gasteiger partial charge < -0.3 is 4.74 Å². The molecule has 0 aliphatic carbocycles. The molecule has 1 fully saturated rings. The van der Waals surface area contributed by atoms with E-state index in [1.54, 1.807) is 0 Å². The van der Waals surface area contributed by atoms with E-state index in [0.29, 0.717) is 13.2 Å². The molecule has 4 heteroatoms. The summed E-state index contributed by atoms with van der Waals surface area (Å²) >= 11 is 4.33. The quantitative estimate of drug-likeness (QED) is 0.879. The first-order valence-electron chi connectivity index (χ1n) is 6.63. The van der Waals surface area contributed by atoms with E-state index in [9.17, 15) is 0 Å². The van der Waals surface area contributed by atoms with Crippen molar-refractivity contribution in [3.63, 3.8) is 0 Å². The van der Waals surface area contributed by atoms with Crippen molar-refractivity contribution in [3.8, 4) is 11.1 Å². The van der Waals surface area contributed by atoms with Gasteiger partial charge in [-0.25, -0.2) is 0 Å². The average molecular weight is 286 g/mol. The Labute approximate surface area is 125 Å². The Morgan fingerprint density at radius 1 is 1.10 bits per heavy atom. The molecule has 0 amide bonds. The largest absolute Gasteiger partial charge is 0.377 e. The lowest BCUT2D eigenvalue weighted by Crippen LogP contribution is -2.57. The molecule has 0 N–H and O–H groups in total. The molecule has 0 saturated carbocycles.